The molecule has 7 heteroatoms. The van der Waals surface area contributed by atoms with Gasteiger partial charge in [0.2, 0.25) is 0 Å². The third-order valence-corrected chi connectivity index (χ3v) is 3.43. The van der Waals surface area contributed by atoms with Gasteiger partial charge in [0.1, 0.15) is 5.76 Å². The Morgan fingerprint density at radius 3 is 2.85 bits per heavy atom. The Morgan fingerprint density at radius 1 is 1.50 bits per heavy atom. The first-order valence-corrected chi connectivity index (χ1v) is 6.58. The van der Waals surface area contributed by atoms with Crippen molar-refractivity contribution in [2.45, 2.75) is 20.4 Å². The third-order valence-electron chi connectivity index (χ3n) is 2.88. The van der Waals surface area contributed by atoms with Gasteiger partial charge in [-0.2, -0.15) is 5.10 Å². The molecule has 2 aromatic rings. The fraction of sp³-hybridized carbons (Fsp3) is 0.385. The number of nitrogens with zero attached hydrogens (tertiary/aromatic N) is 2. The number of aromatic nitrogens is 2. The molecule has 0 aliphatic rings. The number of nitrogens with one attached hydrogen (secondary N) is 1. The van der Waals surface area contributed by atoms with E-state index in [1.54, 1.807) is 16.8 Å². The largest absolute Gasteiger partial charge is 0.454 e. The van der Waals surface area contributed by atoms with E-state index >= 15 is 0 Å². The summed E-state index contributed by atoms with van der Waals surface area (Å²) in [7, 11) is 0. The van der Waals surface area contributed by atoms with Crippen LogP contribution in [0.15, 0.2) is 16.5 Å². The zero-order chi connectivity index (χ0) is 14.7. The van der Waals surface area contributed by atoms with E-state index in [0.29, 0.717) is 17.3 Å². The SMILES string of the molecule is Cc1nn(Cc2ccc(C(=O)NCCO)o2)c(C)c1Cl. The molecule has 6 nitrogen and oxygen atoms in total. The van der Waals surface area contributed by atoms with Crippen LogP contribution in [0.25, 0.3) is 0 Å². The molecule has 0 bridgehead atoms. The van der Waals surface area contributed by atoms with E-state index in [4.69, 9.17) is 21.1 Å². The molecule has 0 saturated carbocycles. The maximum atomic E-state index is 11.6. The average molecular weight is 298 g/mol. The fourth-order valence-corrected chi connectivity index (χ4v) is 1.95. The number of aliphatic hydroxyl groups excluding tert-OH is 1. The van der Waals surface area contributed by atoms with Crippen molar-refractivity contribution in [3.63, 3.8) is 0 Å². The average Bonchev–Trinajstić information content (AvgIpc) is 2.98. The van der Waals surface area contributed by atoms with Crippen LogP contribution in [0.3, 0.4) is 0 Å². The summed E-state index contributed by atoms with van der Waals surface area (Å²) in [6.45, 7) is 4.21. The van der Waals surface area contributed by atoms with E-state index < -0.39 is 0 Å². The van der Waals surface area contributed by atoms with E-state index in [-0.39, 0.29) is 24.8 Å². The minimum Gasteiger partial charge on any atom is -0.454 e. The molecule has 20 heavy (non-hydrogen) atoms. The number of carbonyl (C=O) groups excluding carboxylic acids is 1. The monoisotopic (exact) mass is 297 g/mol. The summed E-state index contributed by atoms with van der Waals surface area (Å²) in [5.74, 6) is 0.471. The van der Waals surface area contributed by atoms with E-state index in [1.807, 2.05) is 13.8 Å². The van der Waals surface area contributed by atoms with Gasteiger partial charge in [0.15, 0.2) is 5.76 Å². The minimum absolute atomic E-state index is 0.108. The van der Waals surface area contributed by atoms with Crippen molar-refractivity contribution in [2.75, 3.05) is 13.2 Å². The number of carbonyl (C=O) groups is 1. The summed E-state index contributed by atoms with van der Waals surface area (Å²) >= 11 is 6.08. The number of halogens is 1. The summed E-state index contributed by atoms with van der Waals surface area (Å²) in [5.41, 5.74) is 1.61. The first kappa shape index (κ1) is 14.6. The maximum Gasteiger partial charge on any atom is 0.287 e. The highest BCUT2D eigenvalue weighted by Crippen LogP contribution is 2.20. The van der Waals surface area contributed by atoms with Gasteiger partial charge in [-0.15, -0.1) is 0 Å². The molecule has 0 aromatic carbocycles. The van der Waals surface area contributed by atoms with Gasteiger partial charge in [0, 0.05) is 6.54 Å². The molecule has 0 unspecified atom stereocenters. The predicted molar refractivity (Wildman–Crippen MR) is 73.9 cm³/mol. The zero-order valence-corrected chi connectivity index (χ0v) is 12.1. The maximum absolute atomic E-state index is 11.6. The van der Waals surface area contributed by atoms with Gasteiger partial charge in [-0.05, 0) is 26.0 Å². The van der Waals surface area contributed by atoms with Gasteiger partial charge < -0.3 is 14.8 Å². The summed E-state index contributed by atoms with van der Waals surface area (Å²) in [6.07, 6.45) is 0. The molecule has 0 radical (unpaired) electrons. The lowest BCUT2D eigenvalue weighted by atomic mass is 10.4. The molecule has 0 spiro atoms. The van der Waals surface area contributed by atoms with Crippen molar-refractivity contribution in [3.05, 3.63) is 40.1 Å². The number of furan rings is 1. The van der Waals surface area contributed by atoms with Gasteiger partial charge in [0.05, 0.1) is 29.6 Å². The molecular formula is C13H16ClN3O3. The van der Waals surface area contributed by atoms with Crippen molar-refractivity contribution in [3.8, 4) is 0 Å². The number of aryl methyl sites for hydroxylation is 1. The normalized spacial score (nSPS) is 10.8. The Kier molecular flexibility index (Phi) is 4.46. The molecule has 2 rings (SSSR count). The molecular weight excluding hydrogens is 282 g/mol. The Balaban J connectivity index is 2.09. The Morgan fingerprint density at radius 2 is 2.25 bits per heavy atom. The number of aliphatic hydroxyl groups is 1. The summed E-state index contributed by atoms with van der Waals surface area (Å²) in [6, 6.07) is 3.31. The van der Waals surface area contributed by atoms with Crippen LogP contribution in [0, 0.1) is 13.8 Å². The highest BCUT2D eigenvalue weighted by molar-refractivity contribution is 6.31. The number of hydrogen-bond acceptors (Lipinski definition) is 4. The second-order valence-corrected chi connectivity index (χ2v) is 4.77. The molecule has 2 heterocycles. The zero-order valence-electron chi connectivity index (χ0n) is 11.3. The highest BCUT2D eigenvalue weighted by atomic mass is 35.5. The molecule has 0 aliphatic heterocycles. The lowest BCUT2D eigenvalue weighted by Crippen LogP contribution is -2.25. The number of rotatable bonds is 5. The van der Waals surface area contributed by atoms with Crippen LogP contribution in [-0.4, -0.2) is 33.9 Å². The van der Waals surface area contributed by atoms with E-state index in [1.165, 1.54) is 0 Å². The Hall–Kier alpha value is -1.79. The first-order chi connectivity index (χ1) is 9.52. The second-order valence-electron chi connectivity index (χ2n) is 4.39. The summed E-state index contributed by atoms with van der Waals surface area (Å²) in [5, 5.41) is 16.1. The van der Waals surface area contributed by atoms with Crippen LogP contribution in [0.4, 0.5) is 0 Å². The van der Waals surface area contributed by atoms with Crippen LogP contribution in [0.5, 0.6) is 0 Å². The van der Waals surface area contributed by atoms with E-state index in [0.717, 1.165) is 11.4 Å². The van der Waals surface area contributed by atoms with Crippen LogP contribution in [-0.2, 0) is 6.54 Å². The van der Waals surface area contributed by atoms with Crippen LogP contribution in [0.1, 0.15) is 27.7 Å². The van der Waals surface area contributed by atoms with Crippen LogP contribution < -0.4 is 5.32 Å². The Bertz CT molecular complexity index is 618. The van der Waals surface area contributed by atoms with Gasteiger partial charge in [-0.1, -0.05) is 11.6 Å². The summed E-state index contributed by atoms with van der Waals surface area (Å²) < 4.78 is 7.18. The topological polar surface area (TPSA) is 80.3 Å². The Labute approximate surface area is 121 Å². The van der Waals surface area contributed by atoms with Gasteiger partial charge in [-0.3, -0.25) is 9.48 Å². The third kappa shape index (κ3) is 3.02. The first-order valence-electron chi connectivity index (χ1n) is 6.20. The van der Waals surface area contributed by atoms with Crippen molar-refractivity contribution in [1.29, 1.82) is 0 Å². The second kappa shape index (κ2) is 6.11. The van der Waals surface area contributed by atoms with Crippen molar-refractivity contribution in [1.82, 2.24) is 15.1 Å². The molecule has 0 saturated heterocycles. The van der Waals surface area contributed by atoms with Gasteiger partial charge in [0.25, 0.3) is 5.91 Å². The fourth-order valence-electron chi connectivity index (χ4n) is 1.82. The van der Waals surface area contributed by atoms with Crippen molar-refractivity contribution < 1.29 is 14.3 Å². The van der Waals surface area contributed by atoms with Crippen molar-refractivity contribution in [2.24, 2.45) is 0 Å². The molecule has 2 aromatic heterocycles. The van der Waals surface area contributed by atoms with Crippen LogP contribution in [0.2, 0.25) is 5.02 Å². The quantitative estimate of drug-likeness (QED) is 0.877. The molecule has 1 amide bonds. The molecule has 0 fully saturated rings. The number of amides is 1. The smallest absolute Gasteiger partial charge is 0.287 e. The lowest BCUT2D eigenvalue weighted by molar-refractivity contribution is 0.0915. The van der Waals surface area contributed by atoms with E-state index in [9.17, 15) is 4.79 Å². The number of hydrogen-bond donors (Lipinski definition) is 2. The van der Waals surface area contributed by atoms with Gasteiger partial charge >= 0.3 is 0 Å². The lowest BCUT2D eigenvalue weighted by Gasteiger charge is -2.02. The molecule has 108 valence electrons. The summed E-state index contributed by atoms with van der Waals surface area (Å²) in [4.78, 5) is 11.6. The molecule has 2 N–H and O–H groups in total. The highest BCUT2D eigenvalue weighted by Gasteiger charge is 2.13. The van der Waals surface area contributed by atoms with Crippen LogP contribution >= 0.6 is 11.6 Å². The predicted octanol–water partition coefficient (Wildman–Crippen LogP) is 1.52. The molecule has 0 aliphatic carbocycles. The minimum atomic E-state index is -0.350. The van der Waals surface area contributed by atoms with E-state index in [2.05, 4.69) is 10.4 Å². The van der Waals surface area contributed by atoms with Gasteiger partial charge in [-0.25, -0.2) is 0 Å². The van der Waals surface area contributed by atoms with Crippen molar-refractivity contribution >= 4 is 17.5 Å². The molecule has 0 atom stereocenters. The standard InChI is InChI=1S/C13H16ClN3O3/c1-8-12(14)9(2)17(16-8)7-10-3-4-11(20-10)13(19)15-5-6-18/h3-4,18H,5-7H2,1-2H3,(H,15,19).